The molecule has 0 spiro atoms. The molecule has 0 unspecified atom stereocenters. The number of carbonyl (C=O) groups is 2. The van der Waals surface area contributed by atoms with E-state index in [0.29, 0.717) is 6.54 Å². The van der Waals surface area contributed by atoms with Gasteiger partial charge in [-0.3, -0.25) is 19.4 Å². The number of hydrogen-bond donors (Lipinski definition) is 1. The number of carboxylic acids is 1. The van der Waals surface area contributed by atoms with Crippen molar-refractivity contribution in [3.05, 3.63) is 0 Å². The van der Waals surface area contributed by atoms with Crippen molar-refractivity contribution in [2.45, 2.75) is 19.3 Å². The SMILES string of the molecule is O=C(O)CN1CCN(CC(=O)N2CCCCC2)CC1. The molecule has 0 atom stereocenters. The van der Waals surface area contributed by atoms with Crippen LogP contribution in [0, 0.1) is 0 Å². The topological polar surface area (TPSA) is 64.1 Å². The number of carboxylic acid groups (broad SMARTS) is 1. The monoisotopic (exact) mass is 269 g/mol. The largest absolute Gasteiger partial charge is 0.480 e. The number of piperidine rings is 1. The molecule has 2 aliphatic rings. The summed E-state index contributed by atoms with van der Waals surface area (Å²) in [6.45, 7) is 5.43. The molecule has 2 rings (SSSR count). The van der Waals surface area contributed by atoms with Gasteiger partial charge in [-0.1, -0.05) is 0 Å². The molecular weight excluding hydrogens is 246 g/mol. The molecule has 0 aromatic carbocycles. The van der Waals surface area contributed by atoms with Gasteiger partial charge in [0.2, 0.25) is 5.91 Å². The van der Waals surface area contributed by atoms with Gasteiger partial charge < -0.3 is 10.0 Å². The first-order valence-corrected chi connectivity index (χ1v) is 7.09. The van der Waals surface area contributed by atoms with Crippen LogP contribution in [0.25, 0.3) is 0 Å². The molecule has 2 fully saturated rings. The first-order chi connectivity index (χ1) is 9.15. The Balaban J connectivity index is 1.69. The highest BCUT2D eigenvalue weighted by Crippen LogP contribution is 2.10. The minimum absolute atomic E-state index is 0.105. The molecular formula is C13H23N3O3. The summed E-state index contributed by atoms with van der Waals surface area (Å²) < 4.78 is 0. The van der Waals surface area contributed by atoms with Crippen LogP contribution in [0.3, 0.4) is 0 Å². The fourth-order valence-electron chi connectivity index (χ4n) is 2.73. The van der Waals surface area contributed by atoms with Gasteiger partial charge in [-0.05, 0) is 19.3 Å². The lowest BCUT2D eigenvalue weighted by molar-refractivity contribution is -0.139. The van der Waals surface area contributed by atoms with Crippen molar-refractivity contribution in [2.75, 3.05) is 52.4 Å². The maximum absolute atomic E-state index is 12.1. The Bertz CT molecular complexity index is 321. The van der Waals surface area contributed by atoms with Gasteiger partial charge in [0.05, 0.1) is 13.1 Å². The summed E-state index contributed by atoms with van der Waals surface area (Å²) in [5.74, 6) is -0.552. The van der Waals surface area contributed by atoms with Crippen LogP contribution in [0.5, 0.6) is 0 Å². The molecule has 2 heterocycles. The molecule has 19 heavy (non-hydrogen) atoms. The zero-order chi connectivity index (χ0) is 13.7. The highest BCUT2D eigenvalue weighted by atomic mass is 16.4. The fraction of sp³-hybridized carbons (Fsp3) is 0.846. The molecule has 0 radical (unpaired) electrons. The minimum Gasteiger partial charge on any atom is -0.480 e. The summed E-state index contributed by atoms with van der Waals surface area (Å²) >= 11 is 0. The Morgan fingerprint density at radius 2 is 1.32 bits per heavy atom. The average molecular weight is 269 g/mol. The van der Waals surface area contributed by atoms with Crippen LogP contribution in [-0.4, -0.2) is 84.0 Å². The van der Waals surface area contributed by atoms with E-state index in [1.165, 1.54) is 6.42 Å². The second-order valence-corrected chi connectivity index (χ2v) is 5.39. The van der Waals surface area contributed by atoms with E-state index in [1.54, 1.807) is 0 Å². The first-order valence-electron chi connectivity index (χ1n) is 7.09. The average Bonchev–Trinajstić information content (AvgIpc) is 2.41. The second-order valence-electron chi connectivity index (χ2n) is 5.39. The quantitative estimate of drug-likeness (QED) is 0.759. The van der Waals surface area contributed by atoms with Crippen LogP contribution in [-0.2, 0) is 9.59 Å². The van der Waals surface area contributed by atoms with Crippen molar-refractivity contribution in [3.8, 4) is 0 Å². The van der Waals surface area contributed by atoms with Gasteiger partial charge in [-0.2, -0.15) is 0 Å². The molecule has 108 valence electrons. The minimum atomic E-state index is -0.780. The highest BCUT2D eigenvalue weighted by molar-refractivity contribution is 5.78. The molecule has 0 aromatic heterocycles. The van der Waals surface area contributed by atoms with Gasteiger partial charge in [0.1, 0.15) is 0 Å². The lowest BCUT2D eigenvalue weighted by atomic mass is 10.1. The predicted octanol–water partition coefficient (Wildman–Crippen LogP) is -0.299. The van der Waals surface area contributed by atoms with Crippen LogP contribution in [0.15, 0.2) is 0 Å². The number of likely N-dealkylation sites (tertiary alicyclic amines) is 1. The third-order valence-electron chi connectivity index (χ3n) is 3.89. The van der Waals surface area contributed by atoms with Crippen LogP contribution in [0.4, 0.5) is 0 Å². The first kappa shape index (κ1) is 14.3. The molecule has 0 aliphatic carbocycles. The van der Waals surface area contributed by atoms with E-state index in [4.69, 9.17) is 5.11 Å². The number of piperazine rings is 1. The van der Waals surface area contributed by atoms with Gasteiger partial charge in [-0.15, -0.1) is 0 Å². The number of nitrogens with zero attached hydrogens (tertiary/aromatic N) is 3. The van der Waals surface area contributed by atoms with Gasteiger partial charge in [0, 0.05) is 39.3 Å². The lowest BCUT2D eigenvalue weighted by Gasteiger charge is -2.35. The summed E-state index contributed by atoms with van der Waals surface area (Å²) in [6, 6.07) is 0. The Morgan fingerprint density at radius 3 is 1.84 bits per heavy atom. The van der Waals surface area contributed by atoms with Crippen molar-refractivity contribution in [2.24, 2.45) is 0 Å². The molecule has 0 bridgehead atoms. The molecule has 1 amide bonds. The van der Waals surface area contributed by atoms with Crippen molar-refractivity contribution >= 4 is 11.9 Å². The van der Waals surface area contributed by atoms with E-state index in [9.17, 15) is 9.59 Å². The van der Waals surface area contributed by atoms with E-state index < -0.39 is 5.97 Å². The normalized spacial score (nSPS) is 22.4. The van der Waals surface area contributed by atoms with Gasteiger partial charge in [0.15, 0.2) is 0 Å². The Hall–Kier alpha value is -1.14. The van der Waals surface area contributed by atoms with E-state index in [-0.39, 0.29) is 12.5 Å². The van der Waals surface area contributed by atoms with Crippen LogP contribution >= 0.6 is 0 Å². The molecule has 0 aromatic rings. The van der Waals surface area contributed by atoms with E-state index in [2.05, 4.69) is 4.90 Å². The van der Waals surface area contributed by atoms with Crippen molar-refractivity contribution in [1.29, 1.82) is 0 Å². The molecule has 6 nitrogen and oxygen atoms in total. The zero-order valence-electron chi connectivity index (χ0n) is 11.4. The second kappa shape index (κ2) is 6.86. The molecule has 2 saturated heterocycles. The molecule has 0 saturated carbocycles. The van der Waals surface area contributed by atoms with Crippen LogP contribution < -0.4 is 0 Å². The van der Waals surface area contributed by atoms with E-state index in [0.717, 1.165) is 52.1 Å². The molecule has 2 aliphatic heterocycles. The number of hydrogen-bond acceptors (Lipinski definition) is 4. The van der Waals surface area contributed by atoms with Gasteiger partial charge >= 0.3 is 5.97 Å². The maximum atomic E-state index is 12.1. The number of amides is 1. The van der Waals surface area contributed by atoms with Crippen LogP contribution in [0.1, 0.15) is 19.3 Å². The number of rotatable bonds is 4. The number of carbonyl (C=O) groups excluding carboxylic acids is 1. The fourth-order valence-corrected chi connectivity index (χ4v) is 2.73. The van der Waals surface area contributed by atoms with Crippen LogP contribution in [0.2, 0.25) is 0 Å². The number of aliphatic carboxylic acids is 1. The Kier molecular flexibility index (Phi) is 5.15. The Labute approximate surface area is 114 Å². The summed E-state index contributed by atoms with van der Waals surface area (Å²) in [5.41, 5.74) is 0. The van der Waals surface area contributed by atoms with E-state index >= 15 is 0 Å². The maximum Gasteiger partial charge on any atom is 0.317 e. The summed E-state index contributed by atoms with van der Waals surface area (Å²) in [4.78, 5) is 28.7. The summed E-state index contributed by atoms with van der Waals surface area (Å²) in [7, 11) is 0. The zero-order valence-corrected chi connectivity index (χ0v) is 11.4. The van der Waals surface area contributed by atoms with Crippen molar-refractivity contribution in [1.82, 2.24) is 14.7 Å². The van der Waals surface area contributed by atoms with Crippen molar-refractivity contribution < 1.29 is 14.7 Å². The van der Waals surface area contributed by atoms with E-state index in [1.807, 2.05) is 9.80 Å². The summed E-state index contributed by atoms with van der Waals surface area (Å²) in [5, 5.41) is 8.73. The summed E-state index contributed by atoms with van der Waals surface area (Å²) in [6.07, 6.45) is 3.48. The Morgan fingerprint density at radius 1 is 0.789 bits per heavy atom. The third-order valence-corrected chi connectivity index (χ3v) is 3.89. The van der Waals surface area contributed by atoms with Gasteiger partial charge in [-0.25, -0.2) is 0 Å². The third kappa shape index (κ3) is 4.47. The smallest absolute Gasteiger partial charge is 0.317 e. The standard InChI is InChI=1S/C13H23N3O3/c17-12(16-4-2-1-3-5-16)10-14-6-8-15(9-7-14)11-13(18)19/h1-11H2,(H,18,19). The lowest BCUT2D eigenvalue weighted by Crippen LogP contribution is -2.51. The van der Waals surface area contributed by atoms with Gasteiger partial charge in [0.25, 0.3) is 0 Å². The highest BCUT2D eigenvalue weighted by Gasteiger charge is 2.23. The van der Waals surface area contributed by atoms with Crippen molar-refractivity contribution in [3.63, 3.8) is 0 Å². The molecule has 1 N–H and O–H groups in total. The predicted molar refractivity (Wildman–Crippen MR) is 70.9 cm³/mol. The molecule has 6 heteroatoms.